The van der Waals surface area contributed by atoms with Crippen molar-refractivity contribution in [3.8, 4) is 11.5 Å². The zero-order valence-corrected chi connectivity index (χ0v) is 23.0. The van der Waals surface area contributed by atoms with Gasteiger partial charge in [0.1, 0.15) is 17.5 Å². The molecule has 3 atom stereocenters. The van der Waals surface area contributed by atoms with E-state index in [-0.39, 0.29) is 29.0 Å². The molecular formula is C28H35N3O5S. The van der Waals surface area contributed by atoms with Crippen LogP contribution in [0.15, 0.2) is 42.5 Å². The zero-order chi connectivity index (χ0) is 26.9. The molecule has 198 valence electrons. The summed E-state index contributed by atoms with van der Waals surface area (Å²) < 4.78 is 10.1. The van der Waals surface area contributed by atoms with Gasteiger partial charge >= 0.3 is 0 Å². The minimum absolute atomic E-state index is 0.135. The molecule has 3 amide bonds. The smallest absolute Gasteiger partial charge is 0.256 e. The molecule has 2 aromatic rings. The molecule has 4 rings (SSSR count). The summed E-state index contributed by atoms with van der Waals surface area (Å²) in [4.78, 5) is 41.7. The number of rotatable bonds is 9. The Morgan fingerprint density at radius 1 is 1.08 bits per heavy atom. The Bertz CT molecular complexity index is 1200. The lowest BCUT2D eigenvalue weighted by Gasteiger charge is -2.32. The van der Waals surface area contributed by atoms with Crippen LogP contribution < -0.4 is 20.1 Å². The van der Waals surface area contributed by atoms with Gasteiger partial charge in [0.05, 0.1) is 14.2 Å². The summed E-state index contributed by atoms with van der Waals surface area (Å²) in [5.74, 6) is 0.443. The number of hydrogen-bond acceptors (Lipinski definition) is 6. The Morgan fingerprint density at radius 2 is 1.78 bits per heavy atom. The standard InChI is InChI=1S/C28H35N3O5S/c1-16(2)22(24(32)29-14-13-17-11-12-20(35-5)21(15-17)36-6)30-25(33)23-28(3,4)37-27-19-10-8-7-9-18(19)26(34)31(23)27/h7-12,15-16,22-23,27H,13-14H2,1-6H3,(H,29,32)(H,30,33). The van der Waals surface area contributed by atoms with E-state index in [1.54, 1.807) is 36.9 Å². The highest BCUT2D eigenvalue weighted by molar-refractivity contribution is 8.01. The topological polar surface area (TPSA) is 97.0 Å². The van der Waals surface area contributed by atoms with Gasteiger partial charge in [0, 0.05) is 16.9 Å². The third-order valence-corrected chi connectivity index (χ3v) is 8.49. The summed E-state index contributed by atoms with van der Waals surface area (Å²) in [5, 5.41) is 5.71. The van der Waals surface area contributed by atoms with Crippen LogP contribution in [0.4, 0.5) is 0 Å². The SMILES string of the molecule is COc1ccc(CCNC(=O)C(NC(=O)C2N3C(=O)c4ccccc4C3SC2(C)C)C(C)C)cc1OC. The maximum atomic E-state index is 13.6. The predicted octanol–water partition coefficient (Wildman–Crippen LogP) is 3.55. The van der Waals surface area contributed by atoms with E-state index < -0.39 is 16.8 Å². The van der Waals surface area contributed by atoms with Crippen LogP contribution in [-0.2, 0) is 16.0 Å². The van der Waals surface area contributed by atoms with Crippen molar-refractivity contribution in [3.63, 3.8) is 0 Å². The van der Waals surface area contributed by atoms with Gasteiger partial charge in [-0.05, 0) is 55.5 Å². The number of nitrogens with one attached hydrogen (secondary N) is 2. The molecule has 1 fully saturated rings. The second-order valence-electron chi connectivity index (χ2n) is 10.2. The lowest BCUT2D eigenvalue weighted by atomic mass is 9.98. The van der Waals surface area contributed by atoms with Gasteiger partial charge in [-0.2, -0.15) is 0 Å². The van der Waals surface area contributed by atoms with Gasteiger partial charge in [0.2, 0.25) is 11.8 Å². The molecule has 0 saturated carbocycles. The van der Waals surface area contributed by atoms with Crippen molar-refractivity contribution in [1.29, 1.82) is 0 Å². The van der Waals surface area contributed by atoms with E-state index in [0.717, 1.165) is 11.1 Å². The van der Waals surface area contributed by atoms with E-state index in [0.29, 0.717) is 30.0 Å². The Labute approximate surface area is 222 Å². The summed E-state index contributed by atoms with van der Waals surface area (Å²) in [6, 6.07) is 11.7. The first-order valence-electron chi connectivity index (χ1n) is 12.5. The molecule has 0 aliphatic carbocycles. The van der Waals surface area contributed by atoms with Crippen LogP contribution in [0.1, 0.15) is 54.6 Å². The number of hydrogen-bond donors (Lipinski definition) is 2. The molecule has 3 unspecified atom stereocenters. The van der Waals surface area contributed by atoms with E-state index in [9.17, 15) is 14.4 Å². The highest BCUT2D eigenvalue weighted by Gasteiger charge is 2.57. The van der Waals surface area contributed by atoms with Crippen molar-refractivity contribution in [2.45, 2.75) is 56.3 Å². The Kier molecular flexibility index (Phi) is 7.73. The quantitative estimate of drug-likeness (QED) is 0.520. The van der Waals surface area contributed by atoms with Gasteiger partial charge < -0.3 is 25.0 Å². The van der Waals surface area contributed by atoms with Gasteiger partial charge in [-0.15, -0.1) is 11.8 Å². The van der Waals surface area contributed by atoms with Crippen LogP contribution in [-0.4, -0.2) is 60.2 Å². The van der Waals surface area contributed by atoms with Crippen molar-refractivity contribution in [3.05, 3.63) is 59.2 Å². The molecule has 2 N–H and O–H groups in total. The molecule has 2 aromatic carbocycles. The van der Waals surface area contributed by atoms with Crippen molar-refractivity contribution in [2.75, 3.05) is 20.8 Å². The Hall–Kier alpha value is -3.20. The van der Waals surface area contributed by atoms with Crippen LogP contribution in [0.3, 0.4) is 0 Å². The van der Waals surface area contributed by atoms with Crippen LogP contribution >= 0.6 is 11.8 Å². The molecule has 0 spiro atoms. The molecular weight excluding hydrogens is 490 g/mol. The molecule has 0 bridgehead atoms. The fourth-order valence-electron chi connectivity index (χ4n) is 5.05. The summed E-state index contributed by atoms with van der Waals surface area (Å²) in [6.07, 6.45) is 0.597. The number of amides is 3. The highest BCUT2D eigenvalue weighted by Crippen LogP contribution is 2.56. The van der Waals surface area contributed by atoms with Crippen molar-refractivity contribution >= 4 is 29.5 Å². The first kappa shape index (κ1) is 26.9. The van der Waals surface area contributed by atoms with E-state index in [1.807, 2.05) is 64.1 Å². The fourth-order valence-corrected chi connectivity index (χ4v) is 6.64. The molecule has 0 radical (unpaired) electrons. The van der Waals surface area contributed by atoms with Crippen LogP contribution in [0.25, 0.3) is 0 Å². The van der Waals surface area contributed by atoms with Gasteiger partial charge in [-0.1, -0.05) is 38.1 Å². The molecule has 37 heavy (non-hydrogen) atoms. The maximum absolute atomic E-state index is 13.6. The fraction of sp³-hybridized carbons (Fsp3) is 0.464. The average Bonchev–Trinajstić information content (AvgIpc) is 3.30. The Balaban J connectivity index is 1.42. The van der Waals surface area contributed by atoms with Crippen molar-refractivity contribution < 1.29 is 23.9 Å². The second kappa shape index (κ2) is 10.7. The third-order valence-electron chi connectivity index (χ3n) is 6.95. The van der Waals surface area contributed by atoms with Crippen LogP contribution in [0, 0.1) is 5.92 Å². The summed E-state index contributed by atoms with van der Waals surface area (Å²) >= 11 is 1.61. The number of benzene rings is 2. The van der Waals surface area contributed by atoms with Crippen LogP contribution in [0.5, 0.6) is 11.5 Å². The molecule has 9 heteroatoms. The van der Waals surface area contributed by atoms with Crippen molar-refractivity contribution in [1.82, 2.24) is 15.5 Å². The summed E-state index contributed by atoms with van der Waals surface area (Å²) in [5.41, 5.74) is 2.57. The molecule has 1 saturated heterocycles. The van der Waals surface area contributed by atoms with E-state index in [1.165, 1.54) is 0 Å². The predicted molar refractivity (Wildman–Crippen MR) is 144 cm³/mol. The van der Waals surface area contributed by atoms with Gasteiger partial charge in [0.25, 0.3) is 5.91 Å². The highest BCUT2D eigenvalue weighted by atomic mass is 32.2. The number of carbonyl (C=O) groups excluding carboxylic acids is 3. The summed E-state index contributed by atoms with van der Waals surface area (Å²) in [6.45, 7) is 8.15. The minimum atomic E-state index is -0.724. The molecule has 0 aromatic heterocycles. The second-order valence-corrected chi connectivity index (χ2v) is 12.0. The van der Waals surface area contributed by atoms with E-state index in [4.69, 9.17) is 9.47 Å². The Morgan fingerprint density at radius 3 is 2.46 bits per heavy atom. The van der Waals surface area contributed by atoms with Crippen molar-refractivity contribution in [2.24, 2.45) is 5.92 Å². The lowest BCUT2D eigenvalue weighted by Crippen LogP contribution is -2.58. The number of thioether (sulfide) groups is 1. The monoisotopic (exact) mass is 525 g/mol. The maximum Gasteiger partial charge on any atom is 0.256 e. The molecule has 2 aliphatic rings. The van der Waals surface area contributed by atoms with Gasteiger partial charge in [0.15, 0.2) is 11.5 Å². The summed E-state index contributed by atoms with van der Waals surface area (Å²) in [7, 11) is 3.17. The van der Waals surface area contributed by atoms with Crippen LogP contribution in [0.2, 0.25) is 0 Å². The molecule has 8 nitrogen and oxygen atoms in total. The van der Waals surface area contributed by atoms with Gasteiger partial charge in [-0.3, -0.25) is 14.4 Å². The number of methoxy groups -OCH3 is 2. The number of ether oxygens (including phenoxy) is 2. The molecule has 2 heterocycles. The lowest BCUT2D eigenvalue weighted by molar-refractivity contribution is -0.132. The average molecular weight is 526 g/mol. The van der Waals surface area contributed by atoms with E-state index >= 15 is 0 Å². The largest absolute Gasteiger partial charge is 0.493 e. The third kappa shape index (κ3) is 5.14. The first-order valence-corrected chi connectivity index (χ1v) is 13.4. The first-order chi connectivity index (χ1) is 17.6. The van der Waals surface area contributed by atoms with Gasteiger partial charge in [-0.25, -0.2) is 0 Å². The number of fused-ring (bicyclic) bond motifs is 3. The zero-order valence-electron chi connectivity index (χ0n) is 22.2. The van der Waals surface area contributed by atoms with E-state index in [2.05, 4.69) is 10.6 Å². The number of nitrogens with zero attached hydrogens (tertiary/aromatic N) is 1. The number of carbonyl (C=O) groups is 3. The molecule has 2 aliphatic heterocycles. The minimum Gasteiger partial charge on any atom is -0.493 e. The normalized spacial score (nSPS) is 20.3.